The average molecular weight is 399 g/mol. The first-order valence-electron chi connectivity index (χ1n) is 9.16. The van der Waals surface area contributed by atoms with Crippen molar-refractivity contribution in [1.29, 1.82) is 0 Å². The Kier molecular flexibility index (Phi) is 8.21. The van der Waals surface area contributed by atoms with Gasteiger partial charge in [-0.25, -0.2) is 0 Å². The van der Waals surface area contributed by atoms with Gasteiger partial charge >= 0.3 is 5.97 Å². The van der Waals surface area contributed by atoms with E-state index in [1.54, 1.807) is 30.3 Å². The van der Waals surface area contributed by atoms with Crippen LogP contribution in [0.1, 0.15) is 28.4 Å². The van der Waals surface area contributed by atoms with Crippen LogP contribution in [0, 0.1) is 0 Å². The number of rotatable bonds is 10. The highest BCUT2D eigenvalue weighted by atomic mass is 16.5. The van der Waals surface area contributed by atoms with E-state index in [0.717, 1.165) is 5.56 Å². The molecule has 0 aliphatic heterocycles. The molecule has 0 aromatic heterocycles. The lowest BCUT2D eigenvalue weighted by Gasteiger charge is -2.09. The summed E-state index contributed by atoms with van der Waals surface area (Å²) in [4.78, 5) is 35.1. The molecule has 0 fully saturated rings. The highest BCUT2D eigenvalue weighted by Crippen LogP contribution is 2.27. The van der Waals surface area contributed by atoms with Crippen LogP contribution in [-0.4, -0.2) is 45.0 Å². The quantitative estimate of drug-likeness (QED) is 0.487. The number of methoxy groups -OCH3 is 2. The van der Waals surface area contributed by atoms with Crippen molar-refractivity contribution in [1.82, 2.24) is 5.32 Å². The minimum atomic E-state index is -0.502. The van der Waals surface area contributed by atoms with Crippen LogP contribution in [-0.2, 0) is 27.2 Å². The Morgan fingerprint density at radius 3 is 2.17 bits per heavy atom. The second kappa shape index (κ2) is 10.8. The van der Waals surface area contributed by atoms with Crippen LogP contribution >= 0.6 is 0 Å². The van der Waals surface area contributed by atoms with Gasteiger partial charge in [0.25, 0.3) is 0 Å². The molecule has 2 aromatic carbocycles. The largest absolute Gasteiger partial charge is 0.493 e. The monoisotopic (exact) mass is 399 g/mol. The van der Waals surface area contributed by atoms with Crippen LogP contribution in [0.3, 0.4) is 0 Å². The third-order valence-corrected chi connectivity index (χ3v) is 4.22. The van der Waals surface area contributed by atoms with Crippen LogP contribution < -0.4 is 14.8 Å². The Labute approximate surface area is 170 Å². The molecule has 0 aliphatic carbocycles. The van der Waals surface area contributed by atoms with Gasteiger partial charge in [0.2, 0.25) is 5.91 Å². The number of amides is 1. The van der Waals surface area contributed by atoms with Gasteiger partial charge in [-0.3, -0.25) is 14.4 Å². The highest BCUT2D eigenvalue weighted by molar-refractivity contribution is 5.98. The third-order valence-electron chi connectivity index (χ3n) is 4.22. The molecule has 0 saturated heterocycles. The van der Waals surface area contributed by atoms with Crippen molar-refractivity contribution in [3.8, 4) is 11.5 Å². The summed E-state index contributed by atoms with van der Waals surface area (Å²) in [5, 5.41) is 2.72. The van der Waals surface area contributed by atoms with Gasteiger partial charge in [-0.15, -0.1) is 0 Å². The molecule has 0 unspecified atom stereocenters. The van der Waals surface area contributed by atoms with Crippen LogP contribution in [0.25, 0.3) is 0 Å². The van der Waals surface area contributed by atoms with Gasteiger partial charge in [-0.2, -0.15) is 0 Å². The van der Waals surface area contributed by atoms with Crippen molar-refractivity contribution in [2.24, 2.45) is 0 Å². The lowest BCUT2D eigenvalue weighted by atomic mass is 10.1. The normalized spacial score (nSPS) is 10.2. The second-order valence-corrected chi connectivity index (χ2v) is 6.38. The van der Waals surface area contributed by atoms with E-state index in [1.807, 2.05) is 12.1 Å². The average Bonchev–Trinajstić information content (AvgIpc) is 2.72. The first-order chi connectivity index (χ1) is 13.9. The zero-order chi connectivity index (χ0) is 21.2. The van der Waals surface area contributed by atoms with E-state index in [2.05, 4.69) is 5.32 Å². The predicted octanol–water partition coefficient (Wildman–Crippen LogP) is 2.35. The molecule has 0 aliphatic rings. The molecular formula is C22H25NO6. The van der Waals surface area contributed by atoms with E-state index in [1.165, 1.54) is 21.1 Å². The van der Waals surface area contributed by atoms with E-state index in [4.69, 9.17) is 14.2 Å². The van der Waals surface area contributed by atoms with Gasteiger partial charge in [-0.05, 0) is 29.7 Å². The smallest absolute Gasteiger partial charge is 0.310 e. The summed E-state index contributed by atoms with van der Waals surface area (Å²) in [5.41, 5.74) is 2.16. The number of hydrogen-bond acceptors (Lipinski definition) is 6. The maximum absolute atomic E-state index is 12.2. The Hall–Kier alpha value is -3.35. The number of ether oxygens (including phenoxy) is 3. The van der Waals surface area contributed by atoms with Gasteiger partial charge < -0.3 is 19.5 Å². The molecule has 0 saturated carbocycles. The fourth-order valence-electron chi connectivity index (χ4n) is 2.68. The molecule has 154 valence electrons. The number of ketones is 1. The van der Waals surface area contributed by atoms with Crippen LogP contribution in [0.15, 0.2) is 42.5 Å². The van der Waals surface area contributed by atoms with Crippen LogP contribution in [0.4, 0.5) is 0 Å². The molecule has 29 heavy (non-hydrogen) atoms. The van der Waals surface area contributed by atoms with E-state index < -0.39 is 5.97 Å². The molecule has 0 bridgehead atoms. The number of carbonyl (C=O) groups is 3. The Morgan fingerprint density at radius 1 is 0.897 bits per heavy atom. The van der Waals surface area contributed by atoms with Crippen molar-refractivity contribution in [3.63, 3.8) is 0 Å². The number of nitrogens with one attached hydrogen (secondary N) is 1. The molecule has 2 rings (SSSR count). The fraction of sp³-hybridized carbons (Fsp3) is 0.318. The SMILES string of the molecule is COc1ccc(CC(=O)OCC(=O)c2ccc(CCNC(C)=O)cc2)cc1OC. The van der Waals surface area contributed by atoms with E-state index in [-0.39, 0.29) is 24.7 Å². The maximum Gasteiger partial charge on any atom is 0.310 e. The van der Waals surface area contributed by atoms with Gasteiger partial charge in [0.1, 0.15) is 0 Å². The summed E-state index contributed by atoms with van der Waals surface area (Å²) in [5.74, 6) is 0.232. The van der Waals surface area contributed by atoms with Gasteiger partial charge in [0, 0.05) is 19.0 Å². The number of benzene rings is 2. The van der Waals surface area contributed by atoms with Crippen molar-refractivity contribution < 1.29 is 28.6 Å². The van der Waals surface area contributed by atoms with Crippen molar-refractivity contribution in [3.05, 3.63) is 59.2 Å². The van der Waals surface area contributed by atoms with E-state index in [9.17, 15) is 14.4 Å². The molecule has 0 spiro atoms. The molecular weight excluding hydrogens is 374 g/mol. The number of esters is 1. The molecule has 0 atom stereocenters. The molecule has 2 aromatic rings. The first kappa shape index (κ1) is 21.9. The number of Topliss-reactive ketones (excluding diaryl/α,β-unsaturated/α-hetero) is 1. The van der Waals surface area contributed by atoms with E-state index >= 15 is 0 Å². The second-order valence-electron chi connectivity index (χ2n) is 6.38. The molecule has 7 heteroatoms. The lowest BCUT2D eigenvalue weighted by Crippen LogP contribution is -2.22. The van der Waals surface area contributed by atoms with Gasteiger partial charge in [0.05, 0.1) is 20.6 Å². The number of carbonyl (C=O) groups excluding carboxylic acids is 3. The molecule has 0 radical (unpaired) electrons. The van der Waals surface area contributed by atoms with Crippen molar-refractivity contribution >= 4 is 17.7 Å². The Bertz CT molecular complexity index is 860. The summed E-state index contributed by atoms with van der Waals surface area (Å²) in [6.45, 7) is 1.68. The molecule has 1 amide bonds. The summed E-state index contributed by atoms with van der Waals surface area (Å²) < 4.78 is 15.5. The fourth-order valence-corrected chi connectivity index (χ4v) is 2.68. The number of hydrogen-bond donors (Lipinski definition) is 1. The summed E-state index contributed by atoms with van der Waals surface area (Å²) in [6, 6.07) is 12.2. The zero-order valence-corrected chi connectivity index (χ0v) is 16.8. The van der Waals surface area contributed by atoms with Crippen molar-refractivity contribution in [2.45, 2.75) is 19.8 Å². The highest BCUT2D eigenvalue weighted by Gasteiger charge is 2.12. The third kappa shape index (κ3) is 6.95. The molecule has 1 N–H and O–H groups in total. The summed E-state index contributed by atoms with van der Waals surface area (Å²) in [7, 11) is 3.05. The first-order valence-corrected chi connectivity index (χ1v) is 9.16. The van der Waals surface area contributed by atoms with Gasteiger partial charge in [-0.1, -0.05) is 30.3 Å². The van der Waals surface area contributed by atoms with Crippen molar-refractivity contribution in [2.75, 3.05) is 27.4 Å². The minimum absolute atomic E-state index is 0.0235. The maximum atomic E-state index is 12.2. The predicted molar refractivity (Wildman–Crippen MR) is 107 cm³/mol. The Morgan fingerprint density at radius 2 is 1.55 bits per heavy atom. The topological polar surface area (TPSA) is 90.9 Å². The minimum Gasteiger partial charge on any atom is -0.493 e. The standard InChI is InChI=1S/C22H25NO6/c1-15(24)23-11-10-16-4-7-18(8-5-16)19(25)14-29-22(26)13-17-6-9-20(27-2)21(12-17)28-3/h4-9,12H,10-11,13-14H2,1-3H3,(H,23,24). The molecule has 7 nitrogen and oxygen atoms in total. The van der Waals surface area contributed by atoms with Crippen LogP contribution in [0.2, 0.25) is 0 Å². The molecule has 0 heterocycles. The van der Waals surface area contributed by atoms with Gasteiger partial charge in [0.15, 0.2) is 23.9 Å². The summed E-state index contributed by atoms with van der Waals surface area (Å²) >= 11 is 0. The lowest BCUT2D eigenvalue weighted by molar-refractivity contribution is -0.141. The Balaban J connectivity index is 1.83. The van der Waals surface area contributed by atoms with Crippen LogP contribution in [0.5, 0.6) is 11.5 Å². The summed E-state index contributed by atoms with van der Waals surface area (Å²) in [6.07, 6.45) is 0.698. The van der Waals surface area contributed by atoms with E-state index in [0.29, 0.717) is 35.6 Å². The zero-order valence-electron chi connectivity index (χ0n) is 16.8.